The van der Waals surface area contributed by atoms with Crippen molar-refractivity contribution in [3.63, 3.8) is 0 Å². The minimum Gasteiger partial charge on any atom is -0.297 e. The number of aliphatic imine (C=N–C) groups is 1. The summed E-state index contributed by atoms with van der Waals surface area (Å²) < 4.78 is 0. The summed E-state index contributed by atoms with van der Waals surface area (Å²) in [7, 11) is 1.79. The van der Waals surface area contributed by atoms with Gasteiger partial charge in [0.2, 0.25) is 0 Å². The lowest BCUT2D eigenvalue weighted by Gasteiger charge is -2.11. The van der Waals surface area contributed by atoms with Gasteiger partial charge in [0.15, 0.2) is 0 Å². The lowest BCUT2D eigenvalue weighted by atomic mass is 9.96. The van der Waals surface area contributed by atoms with E-state index >= 15 is 0 Å². The molecule has 20 heavy (non-hydrogen) atoms. The molecule has 0 saturated heterocycles. The summed E-state index contributed by atoms with van der Waals surface area (Å²) in [6, 6.07) is 2.24. The van der Waals surface area contributed by atoms with E-state index in [1.165, 1.54) is 22.4 Å². The molecule has 0 saturated carbocycles. The fourth-order valence-corrected chi connectivity index (χ4v) is 2.20. The van der Waals surface area contributed by atoms with Gasteiger partial charge in [-0.2, -0.15) is 0 Å². The average molecular weight is 270 g/mol. The molecule has 1 aromatic heterocycles. The van der Waals surface area contributed by atoms with Gasteiger partial charge >= 0.3 is 0 Å². The Morgan fingerprint density at radius 1 is 1.30 bits per heavy atom. The number of aromatic nitrogens is 1. The van der Waals surface area contributed by atoms with Crippen LogP contribution >= 0.6 is 0 Å². The molecule has 0 aliphatic carbocycles. The van der Waals surface area contributed by atoms with Crippen LogP contribution in [0.15, 0.2) is 41.1 Å². The van der Waals surface area contributed by atoms with Crippen LogP contribution in [0.25, 0.3) is 0 Å². The molecule has 0 aliphatic heterocycles. The number of nitrogens with zero attached hydrogens (tertiary/aromatic N) is 2. The molecule has 0 unspecified atom stereocenters. The van der Waals surface area contributed by atoms with Crippen LogP contribution in [0.4, 0.5) is 0 Å². The van der Waals surface area contributed by atoms with Gasteiger partial charge < -0.3 is 0 Å². The van der Waals surface area contributed by atoms with Crippen LogP contribution in [0.5, 0.6) is 0 Å². The Hall–Kier alpha value is -1.70. The molecule has 2 nitrogen and oxygen atoms in total. The fraction of sp³-hybridized carbons (Fsp3) is 0.444. The van der Waals surface area contributed by atoms with E-state index in [9.17, 15) is 0 Å². The van der Waals surface area contributed by atoms with Crippen LogP contribution in [-0.2, 0) is 19.3 Å². The molecule has 0 aromatic carbocycles. The van der Waals surface area contributed by atoms with Crippen molar-refractivity contribution in [1.29, 1.82) is 0 Å². The van der Waals surface area contributed by atoms with E-state index in [1.807, 2.05) is 12.4 Å². The summed E-state index contributed by atoms with van der Waals surface area (Å²) in [6.45, 7) is 10.4. The molecule has 1 heterocycles. The van der Waals surface area contributed by atoms with Gasteiger partial charge in [-0.25, -0.2) is 0 Å². The maximum atomic E-state index is 4.52. The first-order chi connectivity index (χ1) is 9.62. The molecule has 0 spiro atoms. The zero-order valence-electron chi connectivity index (χ0n) is 13.2. The maximum Gasteiger partial charge on any atom is 0.0403 e. The second-order valence-electron chi connectivity index (χ2n) is 5.03. The summed E-state index contributed by atoms with van der Waals surface area (Å²) in [4.78, 5) is 8.54. The number of allylic oxidation sites excluding steroid dienone is 3. The minimum atomic E-state index is 0.988. The molecule has 0 atom stereocenters. The van der Waals surface area contributed by atoms with Gasteiger partial charge in [-0.15, -0.1) is 0 Å². The van der Waals surface area contributed by atoms with Crippen molar-refractivity contribution < 1.29 is 0 Å². The number of hydrogen-bond donors (Lipinski definition) is 0. The van der Waals surface area contributed by atoms with E-state index in [-0.39, 0.29) is 0 Å². The molecule has 108 valence electrons. The molecule has 2 heteroatoms. The molecular weight excluding hydrogens is 244 g/mol. The van der Waals surface area contributed by atoms with Crippen molar-refractivity contribution in [3.05, 3.63) is 52.9 Å². The lowest BCUT2D eigenvalue weighted by molar-refractivity contribution is 0.896. The molecule has 1 rings (SSSR count). The zero-order valence-corrected chi connectivity index (χ0v) is 13.2. The van der Waals surface area contributed by atoms with Crippen LogP contribution in [0, 0.1) is 0 Å². The third-order valence-electron chi connectivity index (χ3n) is 3.52. The zero-order chi connectivity index (χ0) is 15.0. The Bertz CT molecular complexity index is 510. The van der Waals surface area contributed by atoms with Crippen molar-refractivity contribution in [1.82, 2.24) is 4.98 Å². The minimum absolute atomic E-state index is 0.988. The standard InChI is InChI=1S/C18H26N2/c1-6-15-12-18(7-2)20-13-17(15)9-8-16(14(3)4)10-11-19-5/h10-13H,3,6-9H2,1-2,4-5H3/b16-10-,19-11-. The van der Waals surface area contributed by atoms with Crippen LogP contribution < -0.4 is 0 Å². The van der Waals surface area contributed by atoms with E-state index in [4.69, 9.17) is 0 Å². The highest BCUT2D eigenvalue weighted by molar-refractivity contribution is 5.73. The number of hydrogen-bond acceptors (Lipinski definition) is 2. The summed E-state index contributed by atoms with van der Waals surface area (Å²) >= 11 is 0. The van der Waals surface area contributed by atoms with Crippen molar-refractivity contribution >= 4 is 6.21 Å². The van der Waals surface area contributed by atoms with Crippen LogP contribution in [0.2, 0.25) is 0 Å². The smallest absolute Gasteiger partial charge is 0.0403 e. The first kappa shape index (κ1) is 16.4. The van der Waals surface area contributed by atoms with Gasteiger partial charge in [-0.3, -0.25) is 9.98 Å². The van der Waals surface area contributed by atoms with Crippen molar-refractivity contribution in [2.75, 3.05) is 7.05 Å². The highest BCUT2D eigenvalue weighted by atomic mass is 14.7. The van der Waals surface area contributed by atoms with Crippen molar-refractivity contribution in [2.24, 2.45) is 4.99 Å². The number of rotatable bonds is 7. The topological polar surface area (TPSA) is 25.2 Å². The molecule has 0 amide bonds. The second-order valence-corrected chi connectivity index (χ2v) is 5.03. The fourth-order valence-electron chi connectivity index (χ4n) is 2.20. The third kappa shape index (κ3) is 4.76. The lowest BCUT2D eigenvalue weighted by Crippen LogP contribution is -1.99. The summed E-state index contributed by atoms with van der Waals surface area (Å²) in [5.74, 6) is 0. The van der Waals surface area contributed by atoms with Gasteiger partial charge in [-0.1, -0.05) is 26.0 Å². The average Bonchev–Trinajstić information content (AvgIpc) is 2.46. The highest BCUT2D eigenvalue weighted by Crippen LogP contribution is 2.18. The molecule has 0 fully saturated rings. The summed E-state index contributed by atoms with van der Waals surface area (Å²) in [5.41, 5.74) is 6.32. The Morgan fingerprint density at radius 2 is 2.05 bits per heavy atom. The van der Waals surface area contributed by atoms with E-state index in [1.54, 1.807) is 7.05 Å². The molecule has 0 aliphatic rings. The van der Waals surface area contributed by atoms with E-state index in [2.05, 4.69) is 49.5 Å². The van der Waals surface area contributed by atoms with Gasteiger partial charge in [0.1, 0.15) is 0 Å². The Morgan fingerprint density at radius 3 is 2.60 bits per heavy atom. The van der Waals surface area contributed by atoms with Crippen LogP contribution in [0.1, 0.15) is 44.0 Å². The van der Waals surface area contributed by atoms with Crippen molar-refractivity contribution in [3.8, 4) is 0 Å². The number of aryl methyl sites for hydroxylation is 3. The normalized spacial score (nSPS) is 12.1. The third-order valence-corrected chi connectivity index (χ3v) is 3.52. The first-order valence-corrected chi connectivity index (χ1v) is 7.36. The first-order valence-electron chi connectivity index (χ1n) is 7.36. The molecule has 1 aromatic rings. The Kier molecular flexibility index (Phi) is 6.92. The van der Waals surface area contributed by atoms with E-state index in [0.717, 1.165) is 31.3 Å². The molecule has 0 radical (unpaired) electrons. The number of pyridine rings is 1. The quantitative estimate of drug-likeness (QED) is 0.534. The monoisotopic (exact) mass is 270 g/mol. The van der Waals surface area contributed by atoms with Crippen LogP contribution in [-0.4, -0.2) is 18.2 Å². The van der Waals surface area contributed by atoms with E-state index in [0.29, 0.717) is 0 Å². The predicted molar refractivity (Wildman–Crippen MR) is 88.6 cm³/mol. The second kappa shape index (κ2) is 8.47. The van der Waals surface area contributed by atoms with Gasteiger partial charge in [-0.05, 0) is 61.4 Å². The van der Waals surface area contributed by atoms with Crippen LogP contribution in [0.3, 0.4) is 0 Å². The molecular formula is C18H26N2. The Balaban J connectivity index is 2.85. The maximum absolute atomic E-state index is 4.52. The van der Waals surface area contributed by atoms with E-state index < -0.39 is 0 Å². The van der Waals surface area contributed by atoms with Crippen molar-refractivity contribution in [2.45, 2.75) is 46.5 Å². The van der Waals surface area contributed by atoms with Gasteiger partial charge in [0.05, 0.1) is 0 Å². The highest BCUT2D eigenvalue weighted by Gasteiger charge is 2.05. The largest absolute Gasteiger partial charge is 0.297 e. The predicted octanol–water partition coefficient (Wildman–Crippen LogP) is 4.34. The molecule has 0 N–H and O–H groups in total. The molecule has 0 bridgehead atoms. The van der Waals surface area contributed by atoms with Gasteiger partial charge in [0.25, 0.3) is 0 Å². The summed E-state index contributed by atoms with van der Waals surface area (Å²) in [6.07, 6.45) is 10.00. The Labute approximate surface area is 123 Å². The summed E-state index contributed by atoms with van der Waals surface area (Å²) in [5, 5.41) is 0. The van der Waals surface area contributed by atoms with Gasteiger partial charge in [0, 0.05) is 25.2 Å². The SMILES string of the molecule is C=C(C)/C(=C\C=N/C)CCc1cnc(CC)cc1CC.